The molecule has 1 aliphatic heterocycles. The summed E-state index contributed by atoms with van der Waals surface area (Å²) in [6.45, 7) is 1.58. The van der Waals surface area contributed by atoms with Crippen molar-refractivity contribution in [3.05, 3.63) is 42.8 Å². The molecule has 1 heterocycles. The van der Waals surface area contributed by atoms with E-state index in [1.54, 1.807) is 0 Å². The van der Waals surface area contributed by atoms with Crippen LogP contribution in [0.25, 0.3) is 5.57 Å². The number of methoxy groups -OCH3 is 1. The van der Waals surface area contributed by atoms with Crippen LogP contribution in [0, 0.1) is 13.5 Å². The van der Waals surface area contributed by atoms with Gasteiger partial charge in [0, 0.05) is 51.5 Å². The van der Waals surface area contributed by atoms with Crippen LogP contribution in [0.15, 0.2) is 18.2 Å². The normalized spacial score (nSPS) is 15.6. The Hall–Kier alpha value is 0.0439. The summed E-state index contributed by atoms with van der Waals surface area (Å²) >= 11 is 0. The second-order valence-corrected chi connectivity index (χ2v) is 5.05. The van der Waals surface area contributed by atoms with Crippen molar-refractivity contribution in [2.24, 2.45) is 0 Å². The van der Waals surface area contributed by atoms with Gasteiger partial charge in [-0.25, -0.2) is 0 Å². The van der Waals surface area contributed by atoms with E-state index in [0.29, 0.717) is 12.1 Å². The summed E-state index contributed by atoms with van der Waals surface area (Å²) in [7, 11) is 3.98. The van der Waals surface area contributed by atoms with Crippen LogP contribution < -0.4 is 4.74 Å². The van der Waals surface area contributed by atoms with Gasteiger partial charge >= 0.3 is 6.18 Å². The van der Waals surface area contributed by atoms with Gasteiger partial charge in [-0.3, -0.25) is 4.67 Å². The number of halogens is 3. The van der Waals surface area contributed by atoms with Gasteiger partial charge in [0.1, 0.15) is 0 Å². The standard InChI is InChI=1S/C13H14F3NOP.CH3.Y/c1-18-12-7-10(13(14,15)16)4-5-11(12)9-3-2-6-17(19)8-9;;/h3,5,7H,2,6,8,19H2,1H3;1H3;/q2*-1;. The Morgan fingerprint density at radius 3 is 2.57 bits per heavy atom. The Bertz CT molecular complexity index is 505. The average molecular weight is 392 g/mol. The van der Waals surface area contributed by atoms with Gasteiger partial charge in [0.05, 0.1) is 7.11 Å². The Kier molecular flexibility index (Phi) is 8.64. The maximum Gasteiger partial charge on any atom is 0.394 e. The van der Waals surface area contributed by atoms with Crippen LogP contribution in [0.5, 0.6) is 5.75 Å². The number of alkyl halides is 3. The van der Waals surface area contributed by atoms with E-state index in [2.05, 4.69) is 15.5 Å². The summed E-state index contributed by atoms with van der Waals surface area (Å²) in [5.41, 5.74) is 0.818. The molecule has 0 saturated heterocycles. The fraction of sp³-hybridized carbons (Fsp3) is 0.357. The van der Waals surface area contributed by atoms with Crippen molar-refractivity contribution in [2.45, 2.75) is 12.6 Å². The average Bonchev–Trinajstić information content (AvgIpc) is 2.37. The van der Waals surface area contributed by atoms with Crippen LogP contribution in [0.3, 0.4) is 0 Å². The van der Waals surface area contributed by atoms with Gasteiger partial charge in [0.15, 0.2) is 0 Å². The smallest absolute Gasteiger partial charge is 0.394 e. The molecule has 1 radical (unpaired) electrons. The molecule has 1 aromatic rings. The molecule has 2 rings (SSSR count). The van der Waals surface area contributed by atoms with Crippen LogP contribution in [-0.2, 0) is 38.9 Å². The zero-order valence-electron chi connectivity index (χ0n) is 12.0. The number of nitrogens with zero attached hydrogens (tertiary/aromatic N) is 1. The predicted molar refractivity (Wildman–Crippen MR) is 77.1 cm³/mol. The third kappa shape index (κ3) is 5.31. The van der Waals surface area contributed by atoms with Gasteiger partial charge in [0.2, 0.25) is 0 Å². The predicted octanol–water partition coefficient (Wildman–Crippen LogP) is 3.84. The number of ether oxygens (including phenoxy) is 1. The molecule has 0 aliphatic carbocycles. The summed E-state index contributed by atoms with van der Waals surface area (Å²) in [6, 6.07) is 4.65. The van der Waals surface area contributed by atoms with Gasteiger partial charge in [-0.1, -0.05) is 32.2 Å². The van der Waals surface area contributed by atoms with E-state index in [-0.39, 0.29) is 45.9 Å². The van der Waals surface area contributed by atoms with Crippen molar-refractivity contribution in [2.75, 3.05) is 20.2 Å². The topological polar surface area (TPSA) is 12.5 Å². The van der Waals surface area contributed by atoms with Crippen LogP contribution in [-0.4, -0.2) is 24.9 Å². The molecule has 0 saturated carbocycles. The van der Waals surface area contributed by atoms with Gasteiger partial charge in [-0.15, -0.1) is 6.07 Å². The zero-order valence-corrected chi connectivity index (χ0v) is 16.0. The van der Waals surface area contributed by atoms with Crippen LogP contribution in [0.1, 0.15) is 17.5 Å². The van der Waals surface area contributed by atoms with Crippen molar-refractivity contribution in [1.29, 1.82) is 0 Å². The third-order valence-corrected chi connectivity index (χ3v) is 3.41. The van der Waals surface area contributed by atoms with E-state index < -0.39 is 11.7 Å². The first-order valence-corrected chi connectivity index (χ1v) is 6.29. The molecule has 0 N–H and O–H groups in total. The number of rotatable bonds is 2. The second-order valence-electron chi connectivity index (χ2n) is 4.32. The molecular weight excluding hydrogens is 375 g/mol. The van der Waals surface area contributed by atoms with Crippen molar-refractivity contribution < 1.29 is 50.6 Å². The number of hydrogen-bond acceptors (Lipinski definition) is 2. The Balaban J connectivity index is 0.00000200. The van der Waals surface area contributed by atoms with Gasteiger partial charge in [-0.05, 0) is 6.42 Å². The molecule has 0 amide bonds. The molecule has 21 heavy (non-hydrogen) atoms. The summed E-state index contributed by atoms with van der Waals surface area (Å²) in [5, 5.41) is 0. The summed E-state index contributed by atoms with van der Waals surface area (Å²) in [6.07, 6.45) is -1.51. The fourth-order valence-corrected chi connectivity index (χ4v) is 2.36. The van der Waals surface area contributed by atoms with Gasteiger partial charge < -0.3 is 12.2 Å². The van der Waals surface area contributed by atoms with Crippen LogP contribution in [0.4, 0.5) is 13.2 Å². The number of hydrogen-bond donors (Lipinski definition) is 0. The molecule has 0 aromatic heterocycles. The van der Waals surface area contributed by atoms with Gasteiger partial charge in [0.25, 0.3) is 0 Å². The second kappa shape index (κ2) is 8.62. The minimum atomic E-state index is -4.40. The molecule has 1 unspecified atom stereocenters. The maximum atomic E-state index is 12.6. The van der Waals surface area contributed by atoms with Crippen LogP contribution >= 0.6 is 9.39 Å². The number of benzene rings is 1. The monoisotopic (exact) mass is 392 g/mol. The Morgan fingerprint density at radius 1 is 1.38 bits per heavy atom. The SMILES string of the molecule is COc1cc(C(F)(F)F)[c-]cc1C1=CCCN(P)C1.[CH3-].[Y]. The first-order valence-electron chi connectivity index (χ1n) is 5.78. The minimum Gasteiger partial charge on any atom is -0.522 e. The molecule has 0 fully saturated rings. The molecule has 0 spiro atoms. The molecule has 7 heteroatoms. The van der Waals surface area contributed by atoms with Gasteiger partial charge in [-0.2, -0.15) is 25.3 Å². The zero-order chi connectivity index (χ0) is 14.0. The molecule has 1 atom stereocenters. The summed E-state index contributed by atoms with van der Waals surface area (Å²) in [4.78, 5) is 0. The molecule has 0 bridgehead atoms. The molecule has 1 aromatic carbocycles. The largest absolute Gasteiger partial charge is 0.522 e. The van der Waals surface area contributed by atoms with E-state index in [4.69, 9.17) is 4.74 Å². The first kappa shape index (κ1) is 21.0. The molecule has 1 aliphatic rings. The van der Waals surface area contributed by atoms with E-state index in [9.17, 15) is 13.2 Å². The Morgan fingerprint density at radius 2 is 2.05 bits per heavy atom. The first-order chi connectivity index (χ1) is 8.91. The molecule has 2 nitrogen and oxygen atoms in total. The van der Waals surface area contributed by atoms with Crippen molar-refractivity contribution in [3.8, 4) is 5.75 Å². The van der Waals surface area contributed by atoms with E-state index in [1.807, 2.05) is 10.7 Å². The Labute approximate surface area is 151 Å². The maximum absolute atomic E-state index is 12.6. The molecule has 115 valence electrons. The third-order valence-electron chi connectivity index (χ3n) is 2.96. The van der Waals surface area contributed by atoms with E-state index in [1.165, 1.54) is 13.2 Å². The van der Waals surface area contributed by atoms with Crippen LogP contribution in [0.2, 0.25) is 0 Å². The summed E-state index contributed by atoms with van der Waals surface area (Å²) in [5.74, 6) is 0.234. The quantitative estimate of drug-likeness (QED) is 0.560. The van der Waals surface area contributed by atoms with E-state index in [0.717, 1.165) is 24.6 Å². The fourth-order valence-electron chi connectivity index (χ4n) is 2.02. The summed E-state index contributed by atoms with van der Waals surface area (Å²) < 4.78 is 45.0. The minimum absolute atomic E-state index is 0. The molecular formula is C14H17F3NOPY-2. The van der Waals surface area contributed by atoms with E-state index >= 15 is 0 Å². The van der Waals surface area contributed by atoms with Crippen molar-refractivity contribution in [3.63, 3.8) is 0 Å². The van der Waals surface area contributed by atoms with Crippen molar-refractivity contribution >= 4 is 15.0 Å². The van der Waals surface area contributed by atoms with Crippen molar-refractivity contribution in [1.82, 2.24) is 4.67 Å².